The maximum absolute atomic E-state index is 13.0. The van der Waals surface area contributed by atoms with E-state index in [9.17, 15) is 4.79 Å². The largest absolute Gasteiger partial charge is 0.460 e. The molecule has 0 N–H and O–H groups in total. The number of hydrogen-bond acceptors (Lipinski definition) is 6. The number of carbonyl (C=O) groups is 1. The molecule has 6 heteroatoms. The first-order chi connectivity index (χ1) is 15.0. The summed E-state index contributed by atoms with van der Waals surface area (Å²) >= 11 is 1.60. The molecular formula is C26H45N3O2S. The van der Waals surface area contributed by atoms with Crippen molar-refractivity contribution >= 4 is 17.3 Å². The van der Waals surface area contributed by atoms with E-state index in [2.05, 4.69) is 36.0 Å². The molecule has 0 amide bonds. The minimum atomic E-state index is -0.520. The maximum Gasteiger partial charge on any atom is 0.312 e. The average Bonchev–Trinajstić information content (AvgIpc) is 3.28. The van der Waals surface area contributed by atoms with Crippen molar-refractivity contribution in [3.05, 3.63) is 40.6 Å². The van der Waals surface area contributed by atoms with Gasteiger partial charge in [0.1, 0.15) is 5.60 Å². The molecule has 2 heterocycles. The molecule has 0 radical (unpaired) electrons. The SMILES string of the molecule is CC.CCC[C@H](C[C@@](C)(CC(C)C)C(=O)OC(C)(C)C)c1ccc(C)nn1.c1cscn1. The third-order valence-corrected chi connectivity index (χ3v) is 5.19. The smallest absolute Gasteiger partial charge is 0.312 e. The second-order valence-corrected chi connectivity index (χ2v) is 10.4. The Hall–Kier alpha value is -1.82. The van der Waals surface area contributed by atoms with E-state index < -0.39 is 11.0 Å². The highest BCUT2D eigenvalue weighted by Gasteiger charge is 2.40. The quantitative estimate of drug-likeness (QED) is 0.377. The van der Waals surface area contributed by atoms with Crippen molar-refractivity contribution < 1.29 is 9.53 Å². The molecule has 0 aromatic carbocycles. The third-order valence-electron chi connectivity index (χ3n) is 4.67. The van der Waals surface area contributed by atoms with Crippen LogP contribution >= 0.6 is 11.3 Å². The molecule has 32 heavy (non-hydrogen) atoms. The summed E-state index contributed by atoms with van der Waals surface area (Å²) in [6.07, 6.45) is 5.36. The molecule has 5 nitrogen and oxygen atoms in total. The molecule has 2 aromatic heterocycles. The standard InChI is InChI=1S/C21H36N2O2.C3H3NS.C2H6/c1-9-10-17(18-12-11-16(4)22-23-18)14-21(8,13-15(2)3)19(24)25-20(5,6)7;1-2-5-3-4-1;1-2/h11-12,15,17H,9-10,13-14H2,1-8H3;1-3H;1-2H3/t17-,21-;;/m1../s1. The van der Waals surface area contributed by atoms with Crippen molar-refractivity contribution in [2.75, 3.05) is 0 Å². The van der Waals surface area contributed by atoms with Crippen LogP contribution in [0.15, 0.2) is 29.2 Å². The summed E-state index contributed by atoms with van der Waals surface area (Å²) in [6, 6.07) is 4.05. The van der Waals surface area contributed by atoms with Crippen LogP contribution in [0.3, 0.4) is 0 Å². The Morgan fingerprint density at radius 1 is 1.09 bits per heavy atom. The van der Waals surface area contributed by atoms with Gasteiger partial charge in [0, 0.05) is 17.5 Å². The highest BCUT2D eigenvalue weighted by molar-refractivity contribution is 7.07. The van der Waals surface area contributed by atoms with Gasteiger partial charge in [0.15, 0.2) is 0 Å². The van der Waals surface area contributed by atoms with Gasteiger partial charge >= 0.3 is 5.97 Å². The van der Waals surface area contributed by atoms with Gasteiger partial charge in [-0.15, -0.1) is 11.3 Å². The Labute approximate surface area is 200 Å². The molecule has 0 bridgehead atoms. The first kappa shape index (κ1) is 30.2. The second kappa shape index (κ2) is 15.1. The number of rotatable bonds is 8. The van der Waals surface area contributed by atoms with E-state index in [1.807, 2.05) is 66.0 Å². The number of nitrogens with zero attached hydrogens (tertiary/aromatic N) is 3. The van der Waals surface area contributed by atoms with E-state index >= 15 is 0 Å². The number of carbonyl (C=O) groups excluding carboxylic acids is 1. The fraction of sp³-hybridized carbons (Fsp3) is 0.692. The Balaban J connectivity index is 0.00000117. The maximum atomic E-state index is 13.0. The molecule has 0 aliphatic heterocycles. The summed E-state index contributed by atoms with van der Waals surface area (Å²) < 4.78 is 5.76. The Morgan fingerprint density at radius 2 is 1.75 bits per heavy atom. The van der Waals surface area contributed by atoms with Crippen LogP contribution in [0.4, 0.5) is 0 Å². The van der Waals surface area contributed by atoms with Gasteiger partial charge in [-0.1, -0.05) is 41.0 Å². The van der Waals surface area contributed by atoms with Gasteiger partial charge in [-0.25, -0.2) is 0 Å². The zero-order chi connectivity index (χ0) is 24.8. The predicted octanol–water partition coefficient (Wildman–Crippen LogP) is 7.62. The lowest BCUT2D eigenvalue weighted by atomic mass is 9.73. The fourth-order valence-corrected chi connectivity index (χ4v) is 3.95. The number of thiazole rings is 1. The number of esters is 1. The van der Waals surface area contributed by atoms with Gasteiger partial charge in [-0.2, -0.15) is 10.2 Å². The predicted molar refractivity (Wildman–Crippen MR) is 136 cm³/mol. The molecule has 182 valence electrons. The molecule has 0 fully saturated rings. The monoisotopic (exact) mass is 463 g/mol. The van der Waals surface area contributed by atoms with Crippen LogP contribution in [0.1, 0.15) is 105 Å². The molecule has 0 spiro atoms. The summed E-state index contributed by atoms with van der Waals surface area (Å²) in [6.45, 7) is 20.2. The molecule has 0 aliphatic carbocycles. The molecular weight excluding hydrogens is 418 g/mol. The third kappa shape index (κ3) is 12.3. The minimum absolute atomic E-state index is 0.102. The topological polar surface area (TPSA) is 65.0 Å². The van der Waals surface area contributed by atoms with Gasteiger partial charge in [0.05, 0.1) is 22.3 Å². The van der Waals surface area contributed by atoms with Crippen molar-refractivity contribution in [3.8, 4) is 0 Å². The highest BCUT2D eigenvalue weighted by atomic mass is 32.1. The molecule has 0 saturated heterocycles. The first-order valence-electron chi connectivity index (χ1n) is 11.8. The van der Waals surface area contributed by atoms with Gasteiger partial charge in [0.2, 0.25) is 0 Å². The normalized spacial score (nSPS) is 13.7. The van der Waals surface area contributed by atoms with Crippen LogP contribution < -0.4 is 0 Å². The summed E-state index contributed by atoms with van der Waals surface area (Å²) in [7, 11) is 0. The van der Waals surface area contributed by atoms with Crippen LogP contribution in [0.2, 0.25) is 0 Å². The van der Waals surface area contributed by atoms with Crippen LogP contribution in [-0.2, 0) is 9.53 Å². The average molecular weight is 464 g/mol. The summed E-state index contributed by atoms with van der Waals surface area (Å²) in [5, 5.41) is 10.5. The Bertz CT molecular complexity index is 707. The van der Waals surface area contributed by atoms with Crippen LogP contribution in [0.25, 0.3) is 0 Å². The van der Waals surface area contributed by atoms with Gasteiger partial charge in [-0.05, 0) is 71.9 Å². The van der Waals surface area contributed by atoms with Crippen LogP contribution in [0.5, 0.6) is 0 Å². The summed E-state index contributed by atoms with van der Waals surface area (Å²) in [4.78, 5) is 16.7. The van der Waals surface area contributed by atoms with Crippen LogP contribution in [-0.4, -0.2) is 26.8 Å². The lowest BCUT2D eigenvalue weighted by Crippen LogP contribution is -2.38. The zero-order valence-electron chi connectivity index (χ0n) is 21.9. The molecule has 2 aromatic rings. The van der Waals surface area contributed by atoms with Gasteiger partial charge < -0.3 is 4.74 Å². The van der Waals surface area contributed by atoms with E-state index in [0.717, 1.165) is 37.1 Å². The highest BCUT2D eigenvalue weighted by Crippen LogP contribution is 2.40. The van der Waals surface area contributed by atoms with E-state index in [-0.39, 0.29) is 11.9 Å². The van der Waals surface area contributed by atoms with Crippen LogP contribution in [0, 0.1) is 18.3 Å². The molecule has 2 rings (SSSR count). The molecule has 0 saturated carbocycles. The number of aryl methyl sites for hydroxylation is 1. The van der Waals surface area contributed by atoms with E-state index in [1.165, 1.54) is 0 Å². The Morgan fingerprint density at radius 3 is 2.12 bits per heavy atom. The zero-order valence-corrected chi connectivity index (χ0v) is 22.8. The summed E-state index contributed by atoms with van der Waals surface area (Å²) in [5.41, 5.74) is 2.69. The molecule has 2 atom stereocenters. The Kier molecular flexibility index (Phi) is 14.2. The minimum Gasteiger partial charge on any atom is -0.460 e. The van der Waals surface area contributed by atoms with Gasteiger partial charge in [-0.3, -0.25) is 9.78 Å². The molecule has 0 aliphatic rings. The van der Waals surface area contributed by atoms with E-state index in [4.69, 9.17) is 4.74 Å². The van der Waals surface area contributed by atoms with Crippen molar-refractivity contribution in [2.45, 2.75) is 106 Å². The number of ether oxygens (including phenoxy) is 1. The van der Waals surface area contributed by atoms with E-state index in [1.54, 1.807) is 23.0 Å². The van der Waals surface area contributed by atoms with Crippen molar-refractivity contribution in [1.29, 1.82) is 0 Å². The van der Waals surface area contributed by atoms with Crippen molar-refractivity contribution in [3.63, 3.8) is 0 Å². The van der Waals surface area contributed by atoms with Gasteiger partial charge in [0.25, 0.3) is 0 Å². The lowest BCUT2D eigenvalue weighted by Gasteiger charge is -2.35. The molecule has 0 unspecified atom stereocenters. The second-order valence-electron chi connectivity index (χ2n) is 9.63. The fourth-order valence-electron chi connectivity index (χ4n) is 3.60. The number of hydrogen-bond donors (Lipinski definition) is 0. The van der Waals surface area contributed by atoms with Crippen molar-refractivity contribution in [2.24, 2.45) is 11.3 Å². The first-order valence-corrected chi connectivity index (χ1v) is 12.8. The summed E-state index contributed by atoms with van der Waals surface area (Å²) in [5.74, 6) is 0.535. The number of aromatic nitrogens is 3. The van der Waals surface area contributed by atoms with Crippen molar-refractivity contribution in [1.82, 2.24) is 15.2 Å². The van der Waals surface area contributed by atoms with E-state index in [0.29, 0.717) is 5.92 Å². The lowest BCUT2D eigenvalue weighted by molar-refractivity contribution is -0.168.